The van der Waals surface area contributed by atoms with E-state index in [0.717, 1.165) is 0 Å². The van der Waals surface area contributed by atoms with Crippen LogP contribution in [0.4, 0.5) is 5.69 Å². The van der Waals surface area contributed by atoms with Crippen LogP contribution in [0, 0.1) is 6.92 Å². The topological polar surface area (TPSA) is 64.0 Å². The summed E-state index contributed by atoms with van der Waals surface area (Å²) in [5, 5.41) is 3.85. The van der Waals surface area contributed by atoms with Crippen LogP contribution in [0.2, 0.25) is 10.0 Å². The smallest absolute Gasteiger partial charge is 0.266 e. The summed E-state index contributed by atoms with van der Waals surface area (Å²) >= 11 is 13.2. The largest absolute Gasteiger partial charge is 0.320 e. The van der Waals surface area contributed by atoms with Gasteiger partial charge >= 0.3 is 0 Å². The van der Waals surface area contributed by atoms with Crippen LogP contribution >= 0.6 is 34.5 Å². The number of carbonyl (C=O) groups excluding carboxylic acids is 1. The van der Waals surface area contributed by atoms with Gasteiger partial charge in [-0.05, 0) is 31.5 Å². The molecule has 0 saturated heterocycles. The Bertz CT molecular complexity index is 1010. The summed E-state index contributed by atoms with van der Waals surface area (Å²) in [6, 6.07) is 5.00. The number of rotatable bonds is 3. The quantitative estimate of drug-likeness (QED) is 0.733. The second-order valence-electron chi connectivity index (χ2n) is 5.13. The van der Waals surface area contributed by atoms with Crippen LogP contribution in [0.25, 0.3) is 10.2 Å². The lowest BCUT2D eigenvalue weighted by molar-refractivity contribution is 0.103. The molecule has 5 nitrogen and oxygen atoms in total. The molecule has 0 aliphatic heterocycles. The van der Waals surface area contributed by atoms with Crippen molar-refractivity contribution < 1.29 is 4.79 Å². The summed E-state index contributed by atoms with van der Waals surface area (Å²) in [7, 11) is 0. The van der Waals surface area contributed by atoms with Crippen molar-refractivity contribution in [2.45, 2.75) is 20.4 Å². The highest BCUT2D eigenvalue weighted by Crippen LogP contribution is 2.32. The molecule has 2 heterocycles. The number of amides is 1. The van der Waals surface area contributed by atoms with Crippen molar-refractivity contribution in [2.75, 3.05) is 5.32 Å². The van der Waals surface area contributed by atoms with Gasteiger partial charge in [0.15, 0.2) is 0 Å². The van der Waals surface area contributed by atoms with E-state index in [1.807, 2.05) is 6.92 Å². The minimum absolute atomic E-state index is 0.143. The third-order valence-electron chi connectivity index (χ3n) is 3.66. The number of fused-ring (bicyclic) bond motifs is 1. The zero-order valence-electron chi connectivity index (χ0n) is 12.9. The highest BCUT2D eigenvalue weighted by Gasteiger charge is 2.20. The molecule has 0 unspecified atom stereocenters. The van der Waals surface area contributed by atoms with Gasteiger partial charge in [-0.1, -0.05) is 29.3 Å². The number of hydrogen-bond donors (Lipinski definition) is 1. The van der Waals surface area contributed by atoms with E-state index in [1.54, 1.807) is 25.1 Å². The number of thiophene rings is 1. The number of carbonyl (C=O) groups is 1. The SMILES string of the molecule is CCn1cnc2sc(C(=O)Nc3cccc(Cl)c3Cl)c(C)c2c1=O. The van der Waals surface area contributed by atoms with Gasteiger partial charge in [0, 0.05) is 6.54 Å². The van der Waals surface area contributed by atoms with Crippen molar-refractivity contribution in [3.05, 3.63) is 55.4 Å². The number of aryl methyl sites for hydroxylation is 2. The van der Waals surface area contributed by atoms with Crippen LogP contribution in [-0.4, -0.2) is 15.5 Å². The third-order valence-corrected chi connectivity index (χ3v) is 5.68. The Hall–Kier alpha value is -1.89. The Morgan fingerprint density at radius 1 is 1.38 bits per heavy atom. The van der Waals surface area contributed by atoms with Gasteiger partial charge < -0.3 is 5.32 Å². The first-order valence-corrected chi connectivity index (χ1v) is 8.75. The van der Waals surface area contributed by atoms with Crippen LogP contribution in [-0.2, 0) is 6.54 Å². The maximum atomic E-state index is 12.6. The van der Waals surface area contributed by atoms with Crippen LogP contribution in [0.3, 0.4) is 0 Å². The molecule has 0 saturated carbocycles. The zero-order valence-corrected chi connectivity index (χ0v) is 15.2. The average molecular weight is 382 g/mol. The molecule has 1 N–H and O–H groups in total. The lowest BCUT2D eigenvalue weighted by Gasteiger charge is -2.07. The molecule has 3 rings (SSSR count). The minimum Gasteiger partial charge on any atom is -0.320 e. The molecule has 0 aliphatic carbocycles. The van der Waals surface area contributed by atoms with E-state index in [-0.39, 0.29) is 16.5 Å². The fourth-order valence-corrected chi connectivity index (χ4v) is 3.76. The first-order chi connectivity index (χ1) is 11.4. The first kappa shape index (κ1) is 17.0. The maximum absolute atomic E-state index is 12.6. The third kappa shape index (κ3) is 2.81. The Kier molecular flexibility index (Phi) is 4.62. The fourth-order valence-electron chi connectivity index (χ4n) is 2.38. The number of halogens is 2. The Morgan fingerprint density at radius 3 is 2.83 bits per heavy atom. The van der Waals surface area contributed by atoms with Crippen LogP contribution in [0.15, 0.2) is 29.3 Å². The summed E-state index contributed by atoms with van der Waals surface area (Å²) in [6.45, 7) is 4.14. The van der Waals surface area contributed by atoms with E-state index >= 15 is 0 Å². The summed E-state index contributed by atoms with van der Waals surface area (Å²) in [4.78, 5) is 30.3. The van der Waals surface area contributed by atoms with Gasteiger partial charge in [-0.3, -0.25) is 14.2 Å². The molecule has 1 amide bonds. The van der Waals surface area contributed by atoms with Gasteiger partial charge in [0.25, 0.3) is 11.5 Å². The molecular formula is C16H13Cl2N3O2S. The van der Waals surface area contributed by atoms with E-state index < -0.39 is 0 Å². The van der Waals surface area contributed by atoms with E-state index in [2.05, 4.69) is 10.3 Å². The van der Waals surface area contributed by atoms with Crippen molar-refractivity contribution in [2.24, 2.45) is 0 Å². The van der Waals surface area contributed by atoms with Crippen LogP contribution in [0.1, 0.15) is 22.2 Å². The summed E-state index contributed by atoms with van der Waals surface area (Å²) < 4.78 is 1.51. The molecule has 0 aliphatic rings. The van der Waals surface area contributed by atoms with Crippen molar-refractivity contribution in [1.29, 1.82) is 0 Å². The Morgan fingerprint density at radius 2 is 2.12 bits per heavy atom. The van der Waals surface area contributed by atoms with Crippen molar-refractivity contribution >= 4 is 56.3 Å². The van der Waals surface area contributed by atoms with Gasteiger partial charge in [0.05, 0.1) is 32.3 Å². The molecular weight excluding hydrogens is 369 g/mol. The van der Waals surface area contributed by atoms with Crippen molar-refractivity contribution in [3.63, 3.8) is 0 Å². The summed E-state index contributed by atoms with van der Waals surface area (Å²) in [6.07, 6.45) is 1.50. The molecule has 0 bridgehead atoms. The molecule has 0 atom stereocenters. The van der Waals surface area contributed by atoms with E-state index in [0.29, 0.717) is 37.9 Å². The number of aromatic nitrogens is 2. The molecule has 3 aromatic rings. The van der Waals surface area contributed by atoms with E-state index in [4.69, 9.17) is 23.2 Å². The van der Waals surface area contributed by atoms with Crippen molar-refractivity contribution in [3.8, 4) is 0 Å². The van der Waals surface area contributed by atoms with Crippen LogP contribution < -0.4 is 10.9 Å². The lowest BCUT2D eigenvalue weighted by Crippen LogP contribution is -2.19. The van der Waals surface area contributed by atoms with Gasteiger partial charge in [0.1, 0.15) is 4.83 Å². The molecule has 0 spiro atoms. The number of anilines is 1. The summed E-state index contributed by atoms with van der Waals surface area (Å²) in [5.41, 5.74) is 0.895. The normalized spacial score (nSPS) is 11.0. The second kappa shape index (κ2) is 6.55. The predicted octanol–water partition coefficient (Wildman–Crippen LogP) is 4.35. The number of benzene rings is 1. The molecule has 1 aromatic carbocycles. The lowest BCUT2D eigenvalue weighted by atomic mass is 10.2. The highest BCUT2D eigenvalue weighted by molar-refractivity contribution is 7.20. The molecule has 124 valence electrons. The maximum Gasteiger partial charge on any atom is 0.266 e. The summed E-state index contributed by atoms with van der Waals surface area (Å²) in [5.74, 6) is -0.345. The van der Waals surface area contributed by atoms with Gasteiger partial charge in [-0.15, -0.1) is 11.3 Å². The Labute approximate surface area is 151 Å². The fraction of sp³-hybridized carbons (Fsp3) is 0.188. The standard InChI is InChI=1S/C16H13Cl2N3O2S/c1-3-21-7-19-15-11(16(21)23)8(2)13(24-15)14(22)20-10-6-4-5-9(17)12(10)18/h4-7H,3H2,1-2H3,(H,20,22). The van der Waals surface area contributed by atoms with E-state index in [9.17, 15) is 9.59 Å². The molecule has 0 radical (unpaired) electrons. The average Bonchev–Trinajstić information content (AvgIpc) is 2.90. The Balaban J connectivity index is 2.05. The number of nitrogens with one attached hydrogen (secondary N) is 1. The van der Waals surface area contributed by atoms with Crippen LogP contribution in [0.5, 0.6) is 0 Å². The molecule has 0 fully saturated rings. The van der Waals surface area contributed by atoms with Crippen molar-refractivity contribution in [1.82, 2.24) is 9.55 Å². The highest BCUT2D eigenvalue weighted by atomic mass is 35.5. The zero-order chi connectivity index (χ0) is 17.4. The molecule has 2 aromatic heterocycles. The number of nitrogens with zero attached hydrogens (tertiary/aromatic N) is 2. The predicted molar refractivity (Wildman–Crippen MR) is 98.7 cm³/mol. The van der Waals surface area contributed by atoms with Gasteiger partial charge in [-0.25, -0.2) is 4.98 Å². The van der Waals surface area contributed by atoms with E-state index in [1.165, 1.54) is 22.2 Å². The second-order valence-corrected chi connectivity index (χ2v) is 6.91. The molecule has 24 heavy (non-hydrogen) atoms. The number of hydrogen-bond acceptors (Lipinski definition) is 4. The first-order valence-electron chi connectivity index (χ1n) is 7.18. The van der Waals surface area contributed by atoms with Gasteiger partial charge in [-0.2, -0.15) is 0 Å². The van der Waals surface area contributed by atoms with Gasteiger partial charge in [0.2, 0.25) is 0 Å². The minimum atomic E-state index is -0.345. The monoisotopic (exact) mass is 381 g/mol. The molecule has 8 heteroatoms.